The van der Waals surface area contributed by atoms with Crippen LogP contribution in [-0.4, -0.2) is 8.42 Å². The first-order chi connectivity index (χ1) is 13.7. The summed E-state index contributed by atoms with van der Waals surface area (Å²) in [4.78, 5) is 10.1. The van der Waals surface area contributed by atoms with Gasteiger partial charge in [-0.15, -0.1) is 0 Å². The van der Waals surface area contributed by atoms with Gasteiger partial charge in [-0.1, -0.05) is 11.6 Å². The molecule has 0 spiro atoms. The van der Waals surface area contributed by atoms with E-state index in [9.17, 15) is 39.6 Å². The molecule has 0 unspecified atom stereocenters. The Morgan fingerprint density at radius 2 is 1.50 bits per heavy atom. The van der Waals surface area contributed by atoms with Crippen molar-refractivity contribution in [1.29, 1.82) is 0 Å². The van der Waals surface area contributed by atoms with Crippen LogP contribution in [0.15, 0.2) is 56.6 Å². The molecular weight excluding hydrogens is 466 g/mol. The normalized spacial score (nSPS) is 12.9. The second-order valence-electron chi connectivity index (χ2n) is 5.81. The van der Waals surface area contributed by atoms with Crippen LogP contribution in [0.2, 0.25) is 5.02 Å². The highest BCUT2D eigenvalue weighted by atomic mass is 35.5. The fourth-order valence-electron chi connectivity index (χ4n) is 2.54. The molecule has 0 saturated heterocycles. The standard InChI is InChI=1S/C17H7ClF6O5S/c18-8-1-4-14(12(5-8)17(22,23)24)30(26,27)29-9-2-3-10-11(16(19,20)21)7-15(25)28-13(10)6-9/h1-7H. The maximum absolute atomic E-state index is 13.2. The number of halogens is 7. The smallest absolute Gasteiger partial charge is 0.417 e. The highest BCUT2D eigenvalue weighted by molar-refractivity contribution is 7.87. The molecule has 3 aromatic rings. The highest BCUT2D eigenvalue weighted by Gasteiger charge is 2.38. The van der Waals surface area contributed by atoms with Gasteiger partial charge in [-0.2, -0.15) is 34.8 Å². The Morgan fingerprint density at radius 1 is 0.867 bits per heavy atom. The average molecular weight is 473 g/mol. The first-order valence-electron chi connectivity index (χ1n) is 7.65. The van der Waals surface area contributed by atoms with Crippen molar-refractivity contribution >= 4 is 32.7 Å². The molecule has 0 saturated carbocycles. The van der Waals surface area contributed by atoms with Gasteiger partial charge in [0.05, 0.1) is 11.1 Å². The lowest BCUT2D eigenvalue weighted by atomic mass is 10.1. The van der Waals surface area contributed by atoms with Gasteiger partial charge in [-0.05, 0) is 30.3 Å². The molecule has 0 aliphatic heterocycles. The molecule has 160 valence electrons. The third kappa shape index (κ3) is 4.38. The molecule has 0 aliphatic carbocycles. The van der Waals surface area contributed by atoms with Crippen LogP contribution in [-0.2, 0) is 22.5 Å². The molecule has 13 heteroatoms. The van der Waals surface area contributed by atoms with Crippen molar-refractivity contribution in [2.24, 2.45) is 0 Å². The Bertz CT molecular complexity index is 1290. The van der Waals surface area contributed by atoms with Gasteiger partial charge in [0.2, 0.25) is 0 Å². The lowest BCUT2D eigenvalue weighted by Gasteiger charge is -2.14. The Kier molecular flexibility index (Phi) is 5.27. The van der Waals surface area contributed by atoms with Gasteiger partial charge >= 0.3 is 28.1 Å². The number of fused-ring (bicyclic) bond motifs is 1. The number of hydrogen-bond donors (Lipinski definition) is 0. The SMILES string of the molecule is O=c1cc(C(F)(F)F)c2ccc(OS(=O)(=O)c3ccc(Cl)cc3C(F)(F)F)cc2o1. The topological polar surface area (TPSA) is 73.6 Å². The van der Waals surface area contributed by atoms with E-state index in [0.29, 0.717) is 18.2 Å². The third-order valence-corrected chi connectivity index (χ3v) is 5.29. The first kappa shape index (κ1) is 22.0. The maximum Gasteiger partial charge on any atom is 0.417 e. The van der Waals surface area contributed by atoms with Crippen molar-refractivity contribution in [2.45, 2.75) is 17.2 Å². The van der Waals surface area contributed by atoms with Crippen LogP contribution in [0, 0.1) is 0 Å². The molecule has 30 heavy (non-hydrogen) atoms. The molecular formula is C17H7ClF6O5S. The molecule has 5 nitrogen and oxygen atoms in total. The predicted molar refractivity (Wildman–Crippen MR) is 91.8 cm³/mol. The summed E-state index contributed by atoms with van der Waals surface area (Å²) in [6, 6.07) is 4.24. The van der Waals surface area contributed by atoms with E-state index in [1.807, 2.05) is 0 Å². The predicted octanol–water partition coefficient (Wildman–Crippen LogP) is 5.25. The summed E-state index contributed by atoms with van der Waals surface area (Å²) < 4.78 is 113. The highest BCUT2D eigenvalue weighted by Crippen LogP contribution is 2.38. The van der Waals surface area contributed by atoms with Crippen LogP contribution in [0.5, 0.6) is 5.75 Å². The molecule has 0 atom stereocenters. The molecule has 0 amide bonds. The van der Waals surface area contributed by atoms with E-state index in [1.165, 1.54) is 0 Å². The summed E-state index contributed by atoms with van der Waals surface area (Å²) in [7, 11) is -5.08. The molecule has 2 aromatic carbocycles. The Morgan fingerprint density at radius 3 is 2.10 bits per heavy atom. The summed E-state index contributed by atoms with van der Waals surface area (Å²) >= 11 is 5.50. The largest absolute Gasteiger partial charge is 0.423 e. The van der Waals surface area contributed by atoms with Crippen LogP contribution >= 0.6 is 11.6 Å². The van der Waals surface area contributed by atoms with Crippen LogP contribution in [0.4, 0.5) is 26.3 Å². The van der Waals surface area contributed by atoms with E-state index in [1.54, 1.807) is 0 Å². The first-order valence-corrected chi connectivity index (χ1v) is 9.43. The molecule has 1 heterocycles. The van der Waals surface area contributed by atoms with Crippen LogP contribution < -0.4 is 9.81 Å². The van der Waals surface area contributed by atoms with Gasteiger partial charge in [0, 0.05) is 22.5 Å². The Hall–Kier alpha value is -2.73. The minimum Gasteiger partial charge on any atom is -0.423 e. The Balaban J connectivity index is 2.10. The van der Waals surface area contributed by atoms with E-state index in [0.717, 1.165) is 18.2 Å². The van der Waals surface area contributed by atoms with E-state index >= 15 is 0 Å². The molecule has 0 N–H and O–H groups in total. The Labute approximate surface area is 168 Å². The number of alkyl halides is 6. The van der Waals surface area contributed by atoms with Gasteiger partial charge in [-0.25, -0.2) is 4.79 Å². The van der Waals surface area contributed by atoms with Gasteiger partial charge in [-0.3, -0.25) is 0 Å². The van der Waals surface area contributed by atoms with Crippen LogP contribution in [0.3, 0.4) is 0 Å². The second kappa shape index (κ2) is 7.20. The summed E-state index contributed by atoms with van der Waals surface area (Å²) in [5.41, 5.74) is -4.97. The van der Waals surface area contributed by atoms with Crippen LogP contribution in [0.25, 0.3) is 11.0 Å². The van der Waals surface area contributed by atoms with Crippen molar-refractivity contribution in [2.75, 3.05) is 0 Å². The summed E-state index contributed by atoms with van der Waals surface area (Å²) in [6.07, 6.45) is -10.00. The summed E-state index contributed by atoms with van der Waals surface area (Å²) in [5.74, 6) is -0.673. The molecule has 0 fully saturated rings. The maximum atomic E-state index is 13.2. The number of rotatable bonds is 3. The number of benzene rings is 2. The molecule has 0 radical (unpaired) electrons. The fraction of sp³-hybridized carbons (Fsp3) is 0.118. The van der Waals surface area contributed by atoms with E-state index in [-0.39, 0.29) is 11.1 Å². The quantitative estimate of drug-likeness (QED) is 0.296. The zero-order chi connectivity index (χ0) is 22.5. The van der Waals surface area contributed by atoms with Crippen molar-refractivity contribution in [1.82, 2.24) is 0 Å². The minimum absolute atomic E-state index is 0.211. The van der Waals surface area contributed by atoms with E-state index in [2.05, 4.69) is 8.60 Å². The van der Waals surface area contributed by atoms with Crippen LogP contribution in [0.1, 0.15) is 11.1 Å². The second-order valence-corrected chi connectivity index (χ2v) is 7.76. The van der Waals surface area contributed by atoms with Gasteiger partial charge in [0.15, 0.2) is 0 Å². The lowest BCUT2D eigenvalue weighted by molar-refractivity contribution is -0.140. The third-order valence-electron chi connectivity index (χ3n) is 3.74. The molecule has 0 bridgehead atoms. The fourth-order valence-corrected chi connectivity index (χ4v) is 3.84. The minimum atomic E-state index is -5.09. The van der Waals surface area contributed by atoms with Crippen molar-refractivity contribution in [3.8, 4) is 5.75 Å². The zero-order valence-corrected chi connectivity index (χ0v) is 15.7. The zero-order valence-electron chi connectivity index (χ0n) is 14.1. The van der Waals surface area contributed by atoms with Gasteiger partial charge in [0.25, 0.3) is 0 Å². The monoisotopic (exact) mass is 472 g/mol. The van der Waals surface area contributed by atoms with Crippen molar-refractivity contribution in [3.05, 3.63) is 69.0 Å². The summed E-state index contributed by atoms with van der Waals surface area (Å²) in [6.45, 7) is 0. The number of hydrogen-bond acceptors (Lipinski definition) is 5. The summed E-state index contributed by atoms with van der Waals surface area (Å²) in [5, 5.41) is -0.956. The van der Waals surface area contributed by atoms with Crippen molar-refractivity contribution < 1.29 is 43.4 Å². The van der Waals surface area contributed by atoms with E-state index < -0.39 is 60.8 Å². The molecule has 3 rings (SSSR count). The molecule has 1 aromatic heterocycles. The van der Waals surface area contributed by atoms with Gasteiger partial charge < -0.3 is 8.60 Å². The lowest BCUT2D eigenvalue weighted by Crippen LogP contribution is -2.17. The van der Waals surface area contributed by atoms with E-state index in [4.69, 9.17) is 11.6 Å². The average Bonchev–Trinajstić information content (AvgIpc) is 2.58. The van der Waals surface area contributed by atoms with Crippen molar-refractivity contribution in [3.63, 3.8) is 0 Å². The molecule has 0 aliphatic rings. The van der Waals surface area contributed by atoms with Gasteiger partial charge in [0.1, 0.15) is 16.2 Å².